The molecule has 0 aliphatic heterocycles. The molecule has 0 N–H and O–H groups in total. The van der Waals surface area contributed by atoms with Crippen LogP contribution in [0.1, 0.15) is 335 Å². The number of ether oxygens (including phenoxy) is 2. The summed E-state index contributed by atoms with van der Waals surface area (Å²) in [5.74, 6) is -0.833. The normalized spacial score (nSPS) is 14.0. The van der Waals surface area contributed by atoms with E-state index in [-0.39, 0.29) is 32.0 Å². The first kappa shape index (κ1) is 98.8. The third-order valence-corrected chi connectivity index (χ3v) is 18.6. The maximum Gasteiger partial charge on any atom is 0.306 e. The molecule has 0 amide bonds. The highest BCUT2D eigenvalue weighted by Crippen LogP contribution is 2.38. The molecule has 2 unspecified atom stereocenters. The highest BCUT2D eigenvalue weighted by molar-refractivity contribution is 7.45. The zero-order valence-electron chi connectivity index (χ0n) is 67.4. The first-order valence-corrected chi connectivity index (χ1v) is 43.6. The van der Waals surface area contributed by atoms with Crippen molar-refractivity contribution in [1.29, 1.82) is 0 Å². The van der Waals surface area contributed by atoms with Crippen LogP contribution in [-0.4, -0.2) is 70.0 Å². The van der Waals surface area contributed by atoms with Gasteiger partial charge in [0.25, 0.3) is 7.82 Å². The van der Waals surface area contributed by atoms with E-state index in [4.69, 9.17) is 18.5 Å². The van der Waals surface area contributed by atoms with Gasteiger partial charge in [0.2, 0.25) is 0 Å². The second kappa shape index (κ2) is 81.9. The number of esters is 2. The Hall–Kier alpha value is -5.15. The second-order valence-corrected chi connectivity index (χ2v) is 30.1. The molecule has 0 rings (SSSR count). The van der Waals surface area contributed by atoms with Crippen LogP contribution in [-0.2, 0) is 32.7 Å². The minimum absolute atomic E-state index is 0.0371. The second-order valence-electron chi connectivity index (χ2n) is 28.7. The van der Waals surface area contributed by atoms with E-state index in [1.165, 1.54) is 161 Å². The van der Waals surface area contributed by atoms with Crippen LogP contribution in [0.25, 0.3) is 0 Å². The Morgan fingerprint density at radius 3 is 0.769 bits per heavy atom. The third-order valence-electron chi connectivity index (χ3n) is 17.6. The average Bonchev–Trinajstić information content (AvgIpc) is 0.920. The maximum absolute atomic E-state index is 12.9. The number of phosphoric ester groups is 1. The van der Waals surface area contributed by atoms with Gasteiger partial charge in [0, 0.05) is 12.8 Å². The van der Waals surface area contributed by atoms with Gasteiger partial charge in [0.15, 0.2) is 6.10 Å². The molecule has 0 bridgehead atoms. The summed E-state index contributed by atoms with van der Waals surface area (Å²) >= 11 is 0. The lowest BCUT2D eigenvalue weighted by molar-refractivity contribution is -0.870. The topological polar surface area (TPSA) is 111 Å². The Labute approximate surface area is 641 Å². The SMILES string of the molecule is CC/C=C\C/C=C\C/C=C\C/C=C\C/C=C\C/C=C\C/C=C\C/C=C\CCCCCCCCCCCCCCCCCCC(=O)OC(COC(=O)CCCCCCCCCCCCCCCC/C=C\C/C=C\C/C=C\C/C=C\C/C=C\C/C=C\C/C=C\C/C=C\CC)COP(=O)([O-])OCC[N+](C)(C)C. The number of phosphoric acid groups is 1. The van der Waals surface area contributed by atoms with Crippen molar-refractivity contribution in [3.63, 3.8) is 0 Å². The molecule has 0 aromatic carbocycles. The number of rotatable bonds is 76. The fourth-order valence-corrected chi connectivity index (χ4v) is 12.0. The summed E-state index contributed by atoms with van der Waals surface area (Å²) in [6, 6.07) is 0. The van der Waals surface area contributed by atoms with E-state index < -0.39 is 26.5 Å². The van der Waals surface area contributed by atoms with Crippen LogP contribution in [0, 0.1) is 0 Å². The van der Waals surface area contributed by atoms with Gasteiger partial charge in [0.05, 0.1) is 27.7 Å². The zero-order chi connectivity index (χ0) is 75.4. The van der Waals surface area contributed by atoms with E-state index in [1.54, 1.807) is 0 Å². The monoisotopic (exact) mass is 1460 g/mol. The summed E-state index contributed by atoms with van der Waals surface area (Å²) in [5.41, 5.74) is 0. The van der Waals surface area contributed by atoms with Crippen molar-refractivity contribution < 1.29 is 42.1 Å². The van der Waals surface area contributed by atoms with Crippen molar-refractivity contribution in [2.24, 2.45) is 0 Å². The van der Waals surface area contributed by atoms with Gasteiger partial charge < -0.3 is 27.9 Å². The van der Waals surface area contributed by atoms with Crippen LogP contribution in [0.3, 0.4) is 0 Å². The van der Waals surface area contributed by atoms with Gasteiger partial charge in [0.1, 0.15) is 19.8 Å². The van der Waals surface area contributed by atoms with Gasteiger partial charge in [-0.1, -0.05) is 375 Å². The molecule has 9 nitrogen and oxygen atoms in total. The number of nitrogens with zero attached hydrogens (tertiary/aromatic N) is 1. The van der Waals surface area contributed by atoms with Crippen molar-refractivity contribution in [3.8, 4) is 0 Å². The lowest BCUT2D eigenvalue weighted by Crippen LogP contribution is -2.37. The van der Waals surface area contributed by atoms with Crippen molar-refractivity contribution >= 4 is 19.8 Å². The van der Waals surface area contributed by atoms with Gasteiger partial charge in [-0.3, -0.25) is 14.2 Å². The number of likely N-dealkylation sites (N-methyl/N-ethyl adjacent to an activating group) is 1. The van der Waals surface area contributed by atoms with E-state index in [1.807, 2.05) is 21.1 Å². The molecule has 590 valence electrons. The predicted molar refractivity (Wildman–Crippen MR) is 452 cm³/mol. The largest absolute Gasteiger partial charge is 0.756 e. The Kier molecular flexibility index (Phi) is 77.9. The molecule has 0 radical (unpaired) electrons. The summed E-state index contributed by atoms with van der Waals surface area (Å²) < 4.78 is 34.4. The van der Waals surface area contributed by atoms with Gasteiger partial charge >= 0.3 is 11.9 Å². The van der Waals surface area contributed by atoms with Crippen LogP contribution >= 0.6 is 7.82 Å². The molecule has 10 heteroatoms. The van der Waals surface area contributed by atoms with E-state index in [0.29, 0.717) is 17.4 Å². The van der Waals surface area contributed by atoms with Gasteiger partial charge in [-0.25, -0.2) is 0 Å². The number of allylic oxidation sites excluding steroid dienone is 32. The summed E-state index contributed by atoms with van der Waals surface area (Å²) in [4.78, 5) is 38.2. The minimum Gasteiger partial charge on any atom is -0.756 e. The number of carbonyl (C=O) groups is 2. The molecule has 2 atom stereocenters. The molecule has 0 saturated heterocycles. The van der Waals surface area contributed by atoms with E-state index in [0.717, 1.165) is 141 Å². The molecule has 0 aliphatic carbocycles. The quantitative estimate of drug-likeness (QED) is 0.0195. The van der Waals surface area contributed by atoms with Gasteiger partial charge in [-0.2, -0.15) is 0 Å². The fourth-order valence-electron chi connectivity index (χ4n) is 11.3. The van der Waals surface area contributed by atoms with E-state index in [2.05, 4.69) is 208 Å². The molecule has 0 aliphatic rings. The Morgan fingerprint density at radius 1 is 0.298 bits per heavy atom. The minimum atomic E-state index is -4.66. The first-order valence-electron chi connectivity index (χ1n) is 42.1. The van der Waals surface area contributed by atoms with Crippen LogP contribution in [0.15, 0.2) is 194 Å². The van der Waals surface area contributed by atoms with Crippen LogP contribution in [0.4, 0.5) is 0 Å². The zero-order valence-corrected chi connectivity index (χ0v) is 68.3. The molecule has 0 spiro atoms. The highest BCUT2D eigenvalue weighted by atomic mass is 31.2. The van der Waals surface area contributed by atoms with Gasteiger partial charge in [-0.05, 0) is 141 Å². The average molecular weight is 1460 g/mol. The molecule has 0 aromatic heterocycles. The fraction of sp³-hybridized carbons (Fsp3) is 0.638. The van der Waals surface area contributed by atoms with Crippen LogP contribution in [0.5, 0.6) is 0 Å². The predicted octanol–water partition coefficient (Wildman–Crippen LogP) is 28.1. The molecule has 0 saturated carbocycles. The number of unbranched alkanes of at least 4 members (excludes halogenated alkanes) is 30. The van der Waals surface area contributed by atoms with Gasteiger partial charge in [-0.15, -0.1) is 0 Å². The number of quaternary nitrogens is 1. The van der Waals surface area contributed by atoms with E-state index in [9.17, 15) is 19.0 Å². The lowest BCUT2D eigenvalue weighted by atomic mass is 10.0. The van der Waals surface area contributed by atoms with Crippen molar-refractivity contribution in [2.75, 3.05) is 47.5 Å². The molecule has 104 heavy (non-hydrogen) atoms. The highest BCUT2D eigenvalue weighted by Gasteiger charge is 2.22. The van der Waals surface area contributed by atoms with Crippen LogP contribution < -0.4 is 4.89 Å². The number of carbonyl (C=O) groups excluding carboxylic acids is 2. The Bertz CT molecular complexity index is 2470. The maximum atomic E-state index is 12.9. The lowest BCUT2D eigenvalue weighted by Gasteiger charge is -2.28. The molecular formula is C94H156NO8P. The summed E-state index contributed by atoms with van der Waals surface area (Å²) in [6.45, 7) is 4.02. The third kappa shape index (κ3) is 85.8. The summed E-state index contributed by atoms with van der Waals surface area (Å²) in [7, 11) is 1.16. The first-order chi connectivity index (χ1) is 51.0. The number of hydrogen-bond donors (Lipinski definition) is 0. The standard InChI is InChI=1S/C94H156NO8P/c1-6-8-10-12-14-16-18-20-22-24-26-28-30-32-34-36-38-40-42-44-46-47-49-51-53-55-57-59-61-63-65-67-69-71-73-75-77-79-81-83-85-87-94(97)103-92(91-102-104(98,99)101-89-88-95(3,4)5)90-100-93(96)86-84-82-80-78-76-74-72-70-68-66-64-62-60-58-56-54-52-50-48-45-43-41-39-37-35-33-31-29-27-25-23-21-19-17-15-13-11-9-7-2/h8-11,14-17,20-23,26-29,32-35,38-41,44-46,48-49,51-52,54,92H,6-7,12-13,18-19,24-25,30-31,36-37,42-43,47,50,53,55-91H2,1-5H3/b10-8-,11-9-,16-14-,17-15-,22-20-,23-21-,28-26-,29-27-,34-32-,35-33-,40-38-,41-39-,46-44-,48-45-,51-49-,54-52-. The van der Waals surface area contributed by atoms with Crippen molar-refractivity contribution in [3.05, 3.63) is 194 Å². The summed E-state index contributed by atoms with van der Waals surface area (Å²) in [5, 5.41) is 0. The Morgan fingerprint density at radius 2 is 0.519 bits per heavy atom. The van der Waals surface area contributed by atoms with Crippen LogP contribution in [0.2, 0.25) is 0 Å². The van der Waals surface area contributed by atoms with Crippen molar-refractivity contribution in [1.82, 2.24) is 0 Å². The smallest absolute Gasteiger partial charge is 0.306 e. The molecular weight excluding hydrogens is 1300 g/mol. The molecule has 0 heterocycles. The Balaban J connectivity index is 4.00. The van der Waals surface area contributed by atoms with Crippen molar-refractivity contribution in [2.45, 2.75) is 341 Å². The van der Waals surface area contributed by atoms with E-state index >= 15 is 0 Å². The molecule has 0 fully saturated rings. The number of hydrogen-bond acceptors (Lipinski definition) is 8. The summed E-state index contributed by atoms with van der Waals surface area (Å²) in [6.07, 6.45) is 127. The molecule has 0 aromatic rings.